The van der Waals surface area contributed by atoms with Gasteiger partial charge in [-0.1, -0.05) is 11.6 Å². The number of halogens is 1. The molecule has 2 aromatic rings. The number of nitrogens with zero attached hydrogens (tertiary/aromatic N) is 2. The molecule has 1 unspecified atom stereocenters. The Labute approximate surface area is 111 Å². The zero-order valence-corrected chi connectivity index (χ0v) is 11.1. The van der Waals surface area contributed by atoms with Crippen molar-refractivity contribution < 1.29 is 0 Å². The lowest BCUT2D eigenvalue weighted by Gasteiger charge is -2.20. The Balaban J connectivity index is 2.56. The van der Waals surface area contributed by atoms with Gasteiger partial charge in [0.15, 0.2) is 0 Å². The summed E-state index contributed by atoms with van der Waals surface area (Å²) < 4.78 is 0. The molecule has 0 radical (unpaired) electrons. The van der Waals surface area contributed by atoms with Gasteiger partial charge in [-0.2, -0.15) is 0 Å². The highest BCUT2D eigenvalue weighted by atomic mass is 35.5. The standard InChI is InChI=1S/C13H15ClN4/c1-8-5-7-18-13(15)10(8)12(16-2)11-9(14)4-3-6-17-11/h3-7,12,16H,1-2H3,(H2,15,18). The van der Waals surface area contributed by atoms with Crippen LogP contribution in [0.5, 0.6) is 0 Å². The number of anilines is 1. The van der Waals surface area contributed by atoms with Crippen LogP contribution in [0.2, 0.25) is 5.02 Å². The first kappa shape index (κ1) is 12.8. The van der Waals surface area contributed by atoms with Gasteiger partial charge in [-0.25, -0.2) is 4.98 Å². The fraction of sp³-hybridized carbons (Fsp3) is 0.231. The van der Waals surface area contributed by atoms with E-state index in [0.717, 1.165) is 16.8 Å². The molecule has 1 atom stereocenters. The minimum absolute atomic E-state index is 0.160. The maximum Gasteiger partial charge on any atom is 0.128 e. The summed E-state index contributed by atoms with van der Waals surface area (Å²) in [6.07, 6.45) is 3.41. The van der Waals surface area contributed by atoms with Crippen LogP contribution in [-0.2, 0) is 0 Å². The van der Waals surface area contributed by atoms with E-state index >= 15 is 0 Å². The van der Waals surface area contributed by atoms with Crippen molar-refractivity contribution in [3.63, 3.8) is 0 Å². The third-order valence-electron chi connectivity index (χ3n) is 2.88. The van der Waals surface area contributed by atoms with Crippen LogP contribution in [0.25, 0.3) is 0 Å². The number of aryl methyl sites for hydroxylation is 1. The molecule has 0 bridgehead atoms. The van der Waals surface area contributed by atoms with Crippen molar-refractivity contribution in [1.29, 1.82) is 0 Å². The number of pyridine rings is 2. The van der Waals surface area contributed by atoms with E-state index in [-0.39, 0.29) is 6.04 Å². The van der Waals surface area contributed by atoms with E-state index < -0.39 is 0 Å². The molecule has 5 heteroatoms. The molecule has 94 valence electrons. The molecule has 18 heavy (non-hydrogen) atoms. The highest BCUT2D eigenvalue weighted by Gasteiger charge is 2.21. The third-order valence-corrected chi connectivity index (χ3v) is 3.20. The fourth-order valence-electron chi connectivity index (χ4n) is 1.99. The molecule has 2 aromatic heterocycles. The van der Waals surface area contributed by atoms with E-state index in [2.05, 4.69) is 15.3 Å². The number of hydrogen-bond donors (Lipinski definition) is 2. The molecular weight excluding hydrogens is 248 g/mol. The van der Waals surface area contributed by atoms with Crippen molar-refractivity contribution in [2.45, 2.75) is 13.0 Å². The minimum Gasteiger partial charge on any atom is -0.383 e. The number of nitrogen functional groups attached to an aromatic ring is 1. The average Bonchev–Trinajstić information content (AvgIpc) is 2.35. The van der Waals surface area contributed by atoms with Gasteiger partial charge in [-0.05, 0) is 37.7 Å². The van der Waals surface area contributed by atoms with Crippen molar-refractivity contribution in [3.05, 3.63) is 52.4 Å². The fourth-order valence-corrected chi connectivity index (χ4v) is 2.22. The zero-order valence-electron chi connectivity index (χ0n) is 10.3. The lowest BCUT2D eigenvalue weighted by atomic mass is 9.99. The van der Waals surface area contributed by atoms with Crippen molar-refractivity contribution >= 4 is 17.4 Å². The highest BCUT2D eigenvalue weighted by Crippen LogP contribution is 2.30. The van der Waals surface area contributed by atoms with E-state index in [9.17, 15) is 0 Å². The van der Waals surface area contributed by atoms with Crippen LogP contribution in [0, 0.1) is 6.92 Å². The molecule has 0 aliphatic rings. The van der Waals surface area contributed by atoms with Crippen molar-refractivity contribution in [1.82, 2.24) is 15.3 Å². The van der Waals surface area contributed by atoms with E-state index in [4.69, 9.17) is 17.3 Å². The smallest absolute Gasteiger partial charge is 0.128 e. The molecule has 0 aromatic carbocycles. The summed E-state index contributed by atoms with van der Waals surface area (Å²) in [7, 11) is 1.85. The van der Waals surface area contributed by atoms with Gasteiger partial charge in [0.05, 0.1) is 16.8 Å². The van der Waals surface area contributed by atoms with Gasteiger partial charge in [-0.15, -0.1) is 0 Å². The number of rotatable bonds is 3. The molecule has 0 saturated carbocycles. The third kappa shape index (κ3) is 2.30. The summed E-state index contributed by atoms with van der Waals surface area (Å²) in [6.45, 7) is 1.99. The Morgan fingerprint density at radius 1 is 1.28 bits per heavy atom. The molecule has 2 rings (SSSR count). The van der Waals surface area contributed by atoms with E-state index in [1.165, 1.54) is 0 Å². The Morgan fingerprint density at radius 2 is 2.06 bits per heavy atom. The van der Waals surface area contributed by atoms with Gasteiger partial charge in [0.25, 0.3) is 0 Å². The maximum atomic E-state index is 6.19. The number of hydrogen-bond acceptors (Lipinski definition) is 4. The maximum absolute atomic E-state index is 6.19. The summed E-state index contributed by atoms with van der Waals surface area (Å²) >= 11 is 6.19. The molecule has 0 saturated heterocycles. The number of nitrogens with two attached hydrogens (primary N) is 1. The second-order valence-electron chi connectivity index (χ2n) is 4.02. The van der Waals surface area contributed by atoms with Crippen LogP contribution in [-0.4, -0.2) is 17.0 Å². The normalized spacial score (nSPS) is 12.4. The lowest BCUT2D eigenvalue weighted by Crippen LogP contribution is -2.22. The predicted octanol–water partition coefficient (Wildman–Crippen LogP) is 2.33. The van der Waals surface area contributed by atoms with E-state index in [1.807, 2.05) is 26.1 Å². The van der Waals surface area contributed by atoms with Gasteiger partial charge in [-0.3, -0.25) is 4.98 Å². The summed E-state index contributed by atoms with van der Waals surface area (Å²) in [5.41, 5.74) is 8.69. The second kappa shape index (κ2) is 5.33. The topological polar surface area (TPSA) is 63.8 Å². The molecule has 3 N–H and O–H groups in total. The number of aromatic nitrogens is 2. The van der Waals surface area contributed by atoms with E-state index in [0.29, 0.717) is 10.8 Å². The largest absolute Gasteiger partial charge is 0.383 e. The van der Waals surface area contributed by atoms with E-state index in [1.54, 1.807) is 18.5 Å². The molecule has 4 nitrogen and oxygen atoms in total. The van der Waals surface area contributed by atoms with Crippen LogP contribution in [0.1, 0.15) is 22.9 Å². The molecular formula is C13H15ClN4. The summed E-state index contributed by atoms with van der Waals surface area (Å²) in [5, 5.41) is 3.80. The molecule has 0 amide bonds. The first-order chi connectivity index (χ1) is 8.65. The van der Waals surface area contributed by atoms with Crippen molar-refractivity contribution in [2.24, 2.45) is 0 Å². The lowest BCUT2D eigenvalue weighted by molar-refractivity contribution is 0.667. The zero-order chi connectivity index (χ0) is 13.1. The Bertz CT molecular complexity index is 536. The second-order valence-corrected chi connectivity index (χ2v) is 4.43. The van der Waals surface area contributed by atoms with Crippen LogP contribution >= 0.6 is 11.6 Å². The van der Waals surface area contributed by atoms with Crippen molar-refractivity contribution in [3.8, 4) is 0 Å². The first-order valence-electron chi connectivity index (χ1n) is 5.63. The van der Waals surface area contributed by atoms with Gasteiger partial charge < -0.3 is 11.1 Å². The first-order valence-corrected chi connectivity index (χ1v) is 6.01. The quantitative estimate of drug-likeness (QED) is 0.891. The Kier molecular flexibility index (Phi) is 3.79. The van der Waals surface area contributed by atoms with Gasteiger partial charge in [0, 0.05) is 18.0 Å². The molecule has 0 aliphatic heterocycles. The highest BCUT2D eigenvalue weighted by molar-refractivity contribution is 6.31. The minimum atomic E-state index is -0.160. The number of nitrogens with one attached hydrogen (secondary N) is 1. The van der Waals surface area contributed by atoms with Crippen molar-refractivity contribution in [2.75, 3.05) is 12.8 Å². The molecule has 2 heterocycles. The molecule has 0 aliphatic carbocycles. The van der Waals surface area contributed by atoms with Gasteiger partial charge in [0.1, 0.15) is 5.82 Å². The SMILES string of the molecule is CNC(c1ncccc1Cl)c1c(C)ccnc1N. The summed E-state index contributed by atoms with van der Waals surface area (Å²) in [4.78, 5) is 8.46. The summed E-state index contributed by atoms with van der Waals surface area (Å²) in [6, 6.07) is 5.38. The molecule has 0 spiro atoms. The monoisotopic (exact) mass is 262 g/mol. The van der Waals surface area contributed by atoms with Gasteiger partial charge >= 0.3 is 0 Å². The predicted molar refractivity (Wildman–Crippen MR) is 73.5 cm³/mol. The van der Waals surface area contributed by atoms with Crippen LogP contribution < -0.4 is 11.1 Å². The Hall–Kier alpha value is -1.65. The van der Waals surface area contributed by atoms with Gasteiger partial charge in [0.2, 0.25) is 0 Å². The van der Waals surface area contributed by atoms with Crippen LogP contribution in [0.15, 0.2) is 30.6 Å². The Morgan fingerprint density at radius 3 is 2.67 bits per heavy atom. The summed E-state index contributed by atoms with van der Waals surface area (Å²) in [5.74, 6) is 0.496. The van der Waals surface area contributed by atoms with Crippen LogP contribution in [0.3, 0.4) is 0 Å². The van der Waals surface area contributed by atoms with Crippen LogP contribution in [0.4, 0.5) is 5.82 Å². The molecule has 0 fully saturated rings. The average molecular weight is 263 g/mol.